The Labute approximate surface area is 243 Å². The maximum atomic E-state index is 6.56. The van der Waals surface area contributed by atoms with Crippen molar-refractivity contribution in [2.24, 2.45) is 0 Å². The van der Waals surface area contributed by atoms with Crippen molar-refractivity contribution in [3.8, 4) is 17.0 Å². The van der Waals surface area contributed by atoms with Crippen molar-refractivity contribution in [3.05, 3.63) is 89.1 Å². The van der Waals surface area contributed by atoms with Gasteiger partial charge in [0.05, 0.1) is 36.3 Å². The van der Waals surface area contributed by atoms with Crippen LogP contribution in [0.2, 0.25) is 10.0 Å². The van der Waals surface area contributed by atoms with Crippen LogP contribution in [0.5, 0.6) is 5.75 Å². The van der Waals surface area contributed by atoms with Gasteiger partial charge < -0.3 is 28.8 Å². The summed E-state index contributed by atoms with van der Waals surface area (Å²) in [5.74, 6) is 0.199. The summed E-state index contributed by atoms with van der Waals surface area (Å²) in [5.41, 5.74) is 2.48. The summed E-state index contributed by atoms with van der Waals surface area (Å²) in [6, 6.07) is 14.9. The molecule has 9 nitrogen and oxygen atoms in total. The molecule has 11 heteroatoms. The molecule has 0 amide bonds. The van der Waals surface area contributed by atoms with Crippen LogP contribution in [0.4, 0.5) is 5.95 Å². The van der Waals surface area contributed by atoms with Crippen molar-refractivity contribution in [2.45, 2.75) is 37.9 Å². The summed E-state index contributed by atoms with van der Waals surface area (Å²) >= 11 is 12.7. The number of rotatable bonds is 12. The van der Waals surface area contributed by atoms with Crippen LogP contribution >= 0.6 is 23.2 Å². The Morgan fingerprint density at radius 3 is 2.75 bits per heavy atom. The van der Waals surface area contributed by atoms with Crippen molar-refractivity contribution < 1.29 is 18.9 Å². The van der Waals surface area contributed by atoms with Gasteiger partial charge in [-0.2, -0.15) is 0 Å². The lowest BCUT2D eigenvalue weighted by Crippen LogP contribution is -2.34. The molecule has 0 bridgehead atoms. The highest BCUT2D eigenvalue weighted by atomic mass is 35.5. The van der Waals surface area contributed by atoms with Gasteiger partial charge in [0.15, 0.2) is 0 Å². The lowest BCUT2D eigenvalue weighted by atomic mass is 10.1. The zero-order chi connectivity index (χ0) is 28.0. The van der Waals surface area contributed by atoms with Crippen LogP contribution in [0.15, 0.2) is 73.4 Å². The minimum atomic E-state index is -1.10. The molecule has 0 saturated carbocycles. The first kappa shape index (κ1) is 28.3. The van der Waals surface area contributed by atoms with E-state index in [1.807, 2.05) is 54.1 Å². The van der Waals surface area contributed by atoms with Crippen LogP contribution in [0.1, 0.15) is 18.9 Å². The molecule has 4 aromatic rings. The van der Waals surface area contributed by atoms with Crippen LogP contribution in [0.3, 0.4) is 0 Å². The first-order chi connectivity index (χ1) is 19.4. The Hall–Kier alpha value is -3.21. The smallest absolute Gasteiger partial charge is 0.223 e. The highest BCUT2D eigenvalue weighted by Crippen LogP contribution is 2.40. The zero-order valence-electron chi connectivity index (χ0n) is 22.3. The van der Waals surface area contributed by atoms with Gasteiger partial charge in [-0.15, -0.1) is 0 Å². The number of anilines is 1. The fourth-order valence-electron chi connectivity index (χ4n) is 4.40. The SMILES string of the molecule is COC(C)CCNc1nccc(-c2ccc(OCC3COC(Cn4ccnc4)(c4ccc(Cl)cc4Cl)O3)cc2)n1. The molecule has 1 saturated heterocycles. The summed E-state index contributed by atoms with van der Waals surface area (Å²) in [6.07, 6.45) is 7.74. The fourth-order valence-corrected chi connectivity index (χ4v) is 4.95. The third-order valence-electron chi connectivity index (χ3n) is 6.63. The van der Waals surface area contributed by atoms with Crippen LogP contribution in [0.25, 0.3) is 11.3 Å². The molecule has 2 aromatic carbocycles. The lowest BCUT2D eigenvalue weighted by Gasteiger charge is -2.30. The van der Waals surface area contributed by atoms with Crippen molar-refractivity contribution in [1.82, 2.24) is 19.5 Å². The predicted octanol–water partition coefficient (Wildman–Crippen LogP) is 5.83. The minimum Gasteiger partial charge on any atom is -0.491 e. The topological polar surface area (TPSA) is 92.6 Å². The maximum Gasteiger partial charge on any atom is 0.223 e. The first-order valence-corrected chi connectivity index (χ1v) is 13.8. The van der Waals surface area contributed by atoms with Gasteiger partial charge in [-0.3, -0.25) is 0 Å². The summed E-state index contributed by atoms with van der Waals surface area (Å²) in [6.45, 7) is 3.78. The largest absolute Gasteiger partial charge is 0.491 e. The van der Waals surface area contributed by atoms with Crippen LogP contribution in [0, 0.1) is 0 Å². The molecule has 1 N–H and O–H groups in total. The molecule has 0 spiro atoms. The summed E-state index contributed by atoms with van der Waals surface area (Å²) in [7, 11) is 1.71. The standard InChI is InChI=1S/C29H31Cl2N5O4/c1-20(37-2)9-11-33-28-34-12-10-27(35-28)21-3-6-23(7-4-21)38-16-24-17-39-29(40-24,18-36-14-13-32-19-36)25-8-5-22(30)15-26(25)31/h3-8,10,12-15,19-20,24H,9,11,16-18H2,1-2H3,(H,33,34,35). The van der Waals surface area contributed by atoms with Gasteiger partial charge in [-0.25, -0.2) is 15.0 Å². The normalized spacial score (nSPS) is 19.4. The van der Waals surface area contributed by atoms with Crippen molar-refractivity contribution in [3.63, 3.8) is 0 Å². The number of hydrogen-bond donors (Lipinski definition) is 1. The zero-order valence-corrected chi connectivity index (χ0v) is 23.8. The average Bonchev–Trinajstić information content (AvgIpc) is 3.63. The molecule has 3 heterocycles. The second-order valence-corrected chi connectivity index (χ2v) is 10.4. The summed E-state index contributed by atoms with van der Waals surface area (Å²) in [5, 5.41) is 4.26. The van der Waals surface area contributed by atoms with Crippen molar-refractivity contribution in [2.75, 3.05) is 32.2 Å². The Balaban J connectivity index is 1.21. The molecule has 210 valence electrons. The molecular formula is C29H31Cl2N5O4. The lowest BCUT2D eigenvalue weighted by molar-refractivity contribution is -0.189. The second-order valence-electron chi connectivity index (χ2n) is 9.53. The molecule has 1 aliphatic rings. The molecule has 0 aliphatic carbocycles. The van der Waals surface area contributed by atoms with Crippen molar-refractivity contribution >= 4 is 29.2 Å². The molecule has 0 radical (unpaired) electrons. The average molecular weight is 585 g/mol. The molecule has 40 heavy (non-hydrogen) atoms. The molecule has 2 aromatic heterocycles. The van der Waals surface area contributed by atoms with Gasteiger partial charge in [0.2, 0.25) is 11.7 Å². The Kier molecular flexibility index (Phi) is 9.18. The molecule has 3 atom stereocenters. The molecule has 3 unspecified atom stereocenters. The first-order valence-electron chi connectivity index (χ1n) is 13.0. The van der Waals surface area contributed by atoms with Gasteiger partial charge in [0, 0.05) is 48.4 Å². The van der Waals surface area contributed by atoms with E-state index < -0.39 is 5.79 Å². The quantitative estimate of drug-likeness (QED) is 0.222. The number of methoxy groups -OCH3 is 1. The van der Waals surface area contributed by atoms with E-state index in [9.17, 15) is 0 Å². The van der Waals surface area contributed by atoms with Gasteiger partial charge in [0.1, 0.15) is 18.5 Å². The summed E-state index contributed by atoms with van der Waals surface area (Å²) in [4.78, 5) is 13.1. The number of halogens is 2. The molecule has 5 rings (SSSR count). The van der Waals surface area contributed by atoms with E-state index in [-0.39, 0.29) is 12.2 Å². The van der Waals surface area contributed by atoms with E-state index in [0.29, 0.717) is 47.1 Å². The van der Waals surface area contributed by atoms with E-state index in [1.165, 1.54) is 0 Å². The Bertz CT molecular complexity index is 1390. The van der Waals surface area contributed by atoms with E-state index in [2.05, 4.69) is 20.3 Å². The number of ether oxygens (including phenoxy) is 4. The van der Waals surface area contributed by atoms with E-state index in [0.717, 1.165) is 24.2 Å². The molecule has 1 aliphatic heterocycles. The van der Waals surface area contributed by atoms with Crippen LogP contribution in [-0.4, -0.2) is 58.6 Å². The van der Waals surface area contributed by atoms with E-state index in [1.54, 1.807) is 38.0 Å². The van der Waals surface area contributed by atoms with E-state index >= 15 is 0 Å². The van der Waals surface area contributed by atoms with Gasteiger partial charge >= 0.3 is 0 Å². The van der Waals surface area contributed by atoms with Crippen molar-refractivity contribution in [1.29, 1.82) is 0 Å². The number of imidazole rings is 1. The third-order valence-corrected chi connectivity index (χ3v) is 7.18. The Morgan fingerprint density at radius 1 is 1.15 bits per heavy atom. The number of aromatic nitrogens is 4. The van der Waals surface area contributed by atoms with Gasteiger partial charge in [-0.1, -0.05) is 29.3 Å². The maximum absolute atomic E-state index is 6.56. The van der Waals surface area contributed by atoms with Gasteiger partial charge in [0.25, 0.3) is 0 Å². The molecule has 1 fully saturated rings. The number of nitrogens with one attached hydrogen (secondary N) is 1. The fraction of sp³-hybridized carbons (Fsp3) is 0.345. The summed E-state index contributed by atoms with van der Waals surface area (Å²) < 4.78 is 26.0. The highest BCUT2D eigenvalue weighted by molar-refractivity contribution is 6.35. The van der Waals surface area contributed by atoms with Crippen LogP contribution in [-0.2, 0) is 26.5 Å². The van der Waals surface area contributed by atoms with E-state index in [4.69, 9.17) is 42.1 Å². The van der Waals surface area contributed by atoms with Crippen LogP contribution < -0.4 is 10.1 Å². The Morgan fingerprint density at radius 2 is 2.00 bits per heavy atom. The number of hydrogen-bond acceptors (Lipinski definition) is 8. The predicted molar refractivity (Wildman–Crippen MR) is 154 cm³/mol. The number of nitrogens with zero attached hydrogens (tertiary/aromatic N) is 4. The second kappa shape index (κ2) is 13.0. The molecular weight excluding hydrogens is 553 g/mol. The number of benzene rings is 2. The highest BCUT2D eigenvalue weighted by Gasteiger charge is 2.45. The van der Waals surface area contributed by atoms with Gasteiger partial charge in [-0.05, 0) is 55.8 Å². The minimum absolute atomic E-state index is 0.174. The monoisotopic (exact) mass is 583 g/mol. The third kappa shape index (κ3) is 6.92.